The summed E-state index contributed by atoms with van der Waals surface area (Å²) in [6.07, 6.45) is 0. The average Bonchev–Trinajstić information content (AvgIpc) is 2.64. The summed E-state index contributed by atoms with van der Waals surface area (Å²) in [5.74, 6) is 0.193. The minimum Gasteiger partial charge on any atom is -0.483 e. The lowest BCUT2D eigenvalue weighted by molar-refractivity contribution is -0.123. The third-order valence-corrected chi connectivity index (χ3v) is 4.18. The number of hydrogen-bond donors (Lipinski definition) is 3. The molecule has 0 spiro atoms. The van der Waals surface area contributed by atoms with Crippen LogP contribution in [-0.2, 0) is 4.79 Å². The lowest BCUT2D eigenvalue weighted by Gasteiger charge is -2.15. The number of rotatable bonds is 5. The van der Waals surface area contributed by atoms with E-state index in [1.54, 1.807) is 18.2 Å². The van der Waals surface area contributed by atoms with E-state index in [1.807, 2.05) is 38.1 Å². The second-order valence-electron chi connectivity index (χ2n) is 6.81. The van der Waals surface area contributed by atoms with Gasteiger partial charge in [0.25, 0.3) is 11.8 Å². The van der Waals surface area contributed by atoms with Gasteiger partial charge in [-0.2, -0.15) is 0 Å². The summed E-state index contributed by atoms with van der Waals surface area (Å²) in [4.78, 5) is 24.1. The van der Waals surface area contributed by atoms with Crippen molar-refractivity contribution in [3.8, 4) is 5.75 Å². The molecule has 2 amide bonds. The molecule has 2 rings (SSSR count). The van der Waals surface area contributed by atoms with Gasteiger partial charge in [0.1, 0.15) is 5.75 Å². The van der Waals surface area contributed by atoms with Gasteiger partial charge in [-0.15, -0.1) is 0 Å². The highest BCUT2D eigenvalue weighted by Crippen LogP contribution is 2.27. The van der Waals surface area contributed by atoms with Crippen molar-refractivity contribution in [1.29, 1.82) is 0 Å². The number of carbonyl (C=O) groups excluding carboxylic acids is 2. The monoisotopic (exact) mass is 399 g/mol. The van der Waals surface area contributed by atoms with Crippen LogP contribution in [0, 0.1) is 13.8 Å². The van der Waals surface area contributed by atoms with E-state index in [9.17, 15) is 9.59 Å². The van der Waals surface area contributed by atoms with Gasteiger partial charge in [0.05, 0.1) is 0 Å². The lowest BCUT2D eigenvalue weighted by atomic mass is 10.0. The summed E-state index contributed by atoms with van der Waals surface area (Å²) >= 11 is 5.03. The zero-order valence-corrected chi connectivity index (χ0v) is 17.3. The van der Waals surface area contributed by atoms with Gasteiger partial charge in [0.2, 0.25) is 0 Å². The number of hydrazine groups is 1. The van der Waals surface area contributed by atoms with Crippen molar-refractivity contribution in [2.24, 2.45) is 0 Å². The molecule has 0 aliphatic carbocycles. The molecule has 0 heterocycles. The van der Waals surface area contributed by atoms with Crippen LogP contribution in [0.1, 0.15) is 46.8 Å². The molecular formula is C21H25N3O3S. The molecule has 148 valence electrons. The molecule has 0 aliphatic heterocycles. The summed E-state index contributed by atoms with van der Waals surface area (Å²) in [5, 5.41) is 2.51. The Labute approximate surface area is 170 Å². The smallest absolute Gasteiger partial charge is 0.276 e. The largest absolute Gasteiger partial charge is 0.483 e. The molecule has 28 heavy (non-hydrogen) atoms. The fourth-order valence-electron chi connectivity index (χ4n) is 2.54. The molecule has 0 atom stereocenters. The summed E-state index contributed by atoms with van der Waals surface area (Å²) in [6, 6.07) is 13.0. The van der Waals surface area contributed by atoms with Crippen LogP contribution in [0.3, 0.4) is 0 Å². The topological polar surface area (TPSA) is 79.5 Å². The van der Waals surface area contributed by atoms with Gasteiger partial charge in [-0.3, -0.25) is 25.8 Å². The highest BCUT2D eigenvalue weighted by molar-refractivity contribution is 7.80. The van der Waals surface area contributed by atoms with Crippen molar-refractivity contribution in [1.82, 2.24) is 16.2 Å². The first-order chi connectivity index (χ1) is 13.3. The summed E-state index contributed by atoms with van der Waals surface area (Å²) in [6.45, 7) is 7.81. The minimum absolute atomic E-state index is 0.00159. The second kappa shape index (κ2) is 9.85. The van der Waals surface area contributed by atoms with Gasteiger partial charge < -0.3 is 4.74 Å². The lowest BCUT2D eigenvalue weighted by Crippen LogP contribution is -2.49. The molecule has 0 saturated heterocycles. The Morgan fingerprint density at radius 3 is 2.43 bits per heavy atom. The van der Waals surface area contributed by atoms with E-state index in [0.29, 0.717) is 11.3 Å². The maximum Gasteiger partial charge on any atom is 0.276 e. The normalized spacial score (nSPS) is 10.3. The minimum atomic E-state index is -0.414. The average molecular weight is 400 g/mol. The number of aryl methyl sites for hydroxylation is 2. The van der Waals surface area contributed by atoms with Crippen LogP contribution >= 0.6 is 12.2 Å². The van der Waals surface area contributed by atoms with Crippen molar-refractivity contribution in [2.45, 2.75) is 33.6 Å². The van der Waals surface area contributed by atoms with Crippen LogP contribution < -0.4 is 20.9 Å². The molecule has 0 aromatic heterocycles. The molecule has 0 radical (unpaired) electrons. The molecule has 2 aromatic carbocycles. The van der Waals surface area contributed by atoms with Crippen LogP contribution in [0.5, 0.6) is 5.75 Å². The fourth-order valence-corrected chi connectivity index (χ4v) is 2.69. The quantitative estimate of drug-likeness (QED) is 0.532. The maximum absolute atomic E-state index is 12.1. The number of ether oxygens (including phenoxy) is 1. The Morgan fingerprint density at radius 2 is 1.75 bits per heavy atom. The molecule has 0 unspecified atom stereocenters. The maximum atomic E-state index is 12.1. The Morgan fingerprint density at radius 1 is 1.04 bits per heavy atom. The van der Waals surface area contributed by atoms with Crippen molar-refractivity contribution < 1.29 is 14.3 Å². The van der Waals surface area contributed by atoms with Gasteiger partial charge in [-0.05, 0) is 61.3 Å². The van der Waals surface area contributed by atoms with Gasteiger partial charge in [0.15, 0.2) is 11.7 Å². The van der Waals surface area contributed by atoms with Crippen LogP contribution in [0.2, 0.25) is 0 Å². The van der Waals surface area contributed by atoms with E-state index in [0.717, 1.165) is 16.7 Å². The Hall–Kier alpha value is -2.93. The van der Waals surface area contributed by atoms with E-state index in [4.69, 9.17) is 17.0 Å². The third-order valence-electron chi connectivity index (χ3n) is 3.97. The number of thiocarbonyl (C=S) groups is 1. The van der Waals surface area contributed by atoms with Crippen molar-refractivity contribution in [3.63, 3.8) is 0 Å². The molecule has 3 N–H and O–H groups in total. The summed E-state index contributed by atoms with van der Waals surface area (Å²) in [7, 11) is 0. The molecule has 7 heteroatoms. The standard InChI is InChI=1S/C21H25N3O3S/c1-13(2)17-9-8-15(4)11-18(17)27-12-19(25)23-24-21(28)22-20(26)16-7-5-6-14(3)10-16/h5-11,13H,12H2,1-4H3,(H,23,25)(H2,22,24,26,28). The van der Waals surface area contributed by atoms with Gasteiger partial charge in [-0.1, -0.05) is 43.7 Å². The zero-order valence-electron chi connectivity index (χ0n) is 16.5. The molecule has 6 nitrogen and oxygen atoms in total. The first-order valence-corrected chi connectivity index (χ1v) is 9.37. The molecule has 0 fully saturated rings. The van der Waals surface area contributed by atoms with Crippen LogP contribution in [0.25, 0.3) is 0 Å². The number of nitrogens with one attached hydrogen (secondary N) is 3. The second-order valence-corrected chi connectivity index (χ2v) is 7.22. The predicted octanol–water partition coefficient (Wildman–Crippen LogP) is 3.14. The SMILES string of the molecule is Cc1cccc(C(=O)NC(=S)NNC(=O)COc2cc(C)ccc2C(C)C)c1. The van der Waals surface area contributed by atoms with E-state index < -0.39 is 5.91 Å². The van der Waals surface area contributed by atoms with Crippen LogP contribution in [0.15, 0.2) is 42.5 Å². The third kappa shape index (κ3) is 6.35. The van der Waals surface area contributed by atoms with E-state index in [2.05, 4.69) is 30.0 Å². The Kier molecular flexibility index (Phi) is 7.52. The predicted molar refractivity (Wildman–Crippen MR) is 113 cm³/mol. The van der Waals surface area contributed by atoms with Gasteiger partial charge in [-0.25, -0.2) is 0 Å². The van der Waals surface area contributed by atoms with Crippen LogP contribution in [0.4, 0.5) is 0 Å². The first-order valence-electron chi connectivity index (χ1n) is 8.96. The molecule has 2 aromatic rings. The van der Waals surface area contributed by atoms with E-state index in [1.165, 1.54) is 0 Å². The molecule has 0 saturated carbocycles. The fraction of sp³-hybridized carbons (Fsp3) is 0.286. The number of amides is 2. The Balaban J connectivity index is 1.82. The van der Waals surface area contributed by atoms with Crippen molar-refractivity contribution in [2.75, 3.05) is 6.61 Å². The summed E-state index contributed by atoms with van der Waals surface area (Å²) < 4.78 is 5.65. The zero-order chi connectivity index (χ0) is 20.7. The first kappa shape index (κ1) is 21.4. The molecular weight excluding hydrogens is 374 g/mol. The van der Waals surface area contributed by atoms with Crippen molar-refractivity contribution >= 4 is 29.1 Å². The summed E-state index contributed by atoms with van der Waals surface area (Å²) in [5.41, 5.74) is 8.46. The number of hydrogen-bond acceptors (Lipinski definition) is 4. The van der Waals surface area contributed by atoms with E-state index >= 15 is 0 Å². The number of carbonyl (C=O) groups is 2. The number of benzene rings is 2. The van der Waals surface area contributed by atoms with Crippen molar-refractivity contribution in [3.05, 3.63) is 64.7 Å². The molecule has 0 bridgehead atoms. The molecule has 0 aliphatic rings. The highest BCUT2D eigenvalue weighted by atomic mass is 32.1. The van der Waals surface area contributed by atoms with Gasteiger partial charge >= 0.3 is 0 Å². The van der Waals surface area contributed by atoms with Crippen LogP contribution in [-0.4, -0.2) is 23.5 Å². The highest BCUT2D eigenvalue weighted by Gasteiger charge is 2.11. The van der Waals surface area contributed by atoms with Gasteiger partial charge in [0, 0.05) is 5.56 Å². The Bertz CT molecular complexity index is 881. The van der Waals surface area contributed by atoms with E-state index in [-0.39, 0.29) is 23.5 Å².